The van der Waals surface area contributed by atoms with Crippen molar-refractivity contribution in [1.82, 2.24) is 0 Å². The molecular formula is C11H8F4O3. The van der Waals surface area contributed by atoms with E-state index in [2.05, 4.69) is 0 Å². The number of halogens is 4. The van der Waals surface area contributed by atoms with E-state index in [1.807, 2.05) is 0 Å². The Morgan fingerprint density at radius 1 is 1.28 bits per heavy atom. The van der Waals surface area contributed by atoms with Gasteiger partial charge in [-0.05, 0) is 24.6 Å². The van der Waals surface area contributed by atoms with Crippen LogP contribution in [0, 0.1) is 5.82 Å². The minimum atomic E-state index is -4.93. The number of rotatable bonds is 3. The van der Waals surface area contributed by atoms with E-state index in [4.69, 9.17) is 5.11 Å². The number of carbonyl (C=O) groups excluding carboxylic acids is 1. The Morgan fingerprint density at radius 3 is 2.22 bits per heavy atom. The van der Waals surface area contributed by atoms with Crippen molar-refractivity contribution in [2.24, 2.45) is 0 Å². The van der Waals surface area contributed by atoms with E-state index in [1.54, 1.807) is 0 Å². The summed E-state index contributed by atoms with van der Waals surface area (Å²) in [6.07, 6.45) is -4.93. The molecule has 1 rings (SSSR count). The van der Waals surface area contributed by atoms with Crippen molar-refractivity contribution in [3.63, 3.8) is 0 Å². The highest BCUT2D eigenvalue weighted by Crippen LogP contribution is 2.36. The first-order chi connectivity index (χ1) is 8.14. The minimum absolute atomic E-state index is 0.175. The maximum absolute atomic E-state index is 12.8. The highest BCUT2D eigenvalue weighted by molar-refractivity contribution is 6.02. The van der Waals surface area contributed by atoms with Gasteiger partial charge in [0.15, 0.2) is 0 Å². The molecule has 0 heterocycles. The number of carbonyl (C=O) groups is 2. The van der Waals surface area contributed by atoms with Gasteiger partial charge in [-0.3, -0.25) is 9.59 Å². The van der Waals surface area contributed by atoms with Gasteiger partial charge in [-0.15, -0.1) is 0 Å². The van der Waals surface area contributed by atoms with Crippen LogP contribution in [0.1, 0.15) is 24.0 Å². The molecule has 7 heteroatoms. The van der Waals surface area contributed by atoms with E-state index in [0.29, 0.717) is 12.1 Å². The molecule has 1 unspecified atom stereocenters. The topological polar surface area (TPSA) is 54.4 Å². The zero-order valence-electron chi connectivity index (χ0n) is 9.08. The van der Waals surface area contributed by atoms with Gasteiger partial charge in [0.25, 0.3) is 0 Å². The number of carboxylic acids is 1. The molecule has 0 amide bonds. The average Bonchev–Trinajstić information content (AvgIpc) is 2.17. The highest BCUT2D eigenvalue weighted by atomic mass is 19.4. The fourth-order valence-corrected chi connectivity index (χ4v) is 1.55. The third kappa shape index (κ3) is 2.85. The number of carboxylic acid groups (broad SMARTS) is 1. The molecule has 0 saturated carbocycles. The molecule has 0 spiro atoms. The summed E-state index contributed by atoms with van der Waals surface area (Å²) in [5, 5.41) is 8.77. The number of benzene rings is 1. The molecule has 1 N–H and O–H groups in total. The average molecular weight is 264 g/mol. The predicted octanol–water partition coefficient (Wildman–Crippen LogP) is 2.60. The molecular weight excluding hydrogens is 256 g/mol. The van der Waals surface area contributed by atoms with Crippen LogP contribution in [0.5, 0.6) is 0 Å². The van der Waals surface area contributed by atoms with Crippen LogP contribution >= 0.6 is 0 Å². The largest absolute Gasteiger partial charge is 0.480 e. The van der Waals surface area contributed by atoms with Gasteiger partial charge in [0, 0.05) is 0 Å². The Morgan fingerprint density at radius 2 is 1.83 bits per heavy atom. The Balaban J connectivity index is 3.48. The summed E-state index contributed by atoms with van der Waals surface area (Å²) >= 11 is 0. The number of alkyl halides is 3. The van der Waals surface area contributed by atoms with E-state index in [-0.39, 0.29) is 6.07 Å². The van der Waals surface area contributed by atoms with Crippen LogP contribution in [0.2, 0.25) is 0 Å². The summed E-state index contributed by atoms with van der Waals surface area (Å²) in [6, 6.07) is 1.52. The standard InChI is InChI=1S/C11H8F4O3/c1-5(16)9(10(17)18)7-3-2-6(12)4-8(7)11(13,14)15/h2-4,9H,1H3,(H,17,18). The summed E-state index contributed by atoms with van der Waals surface area (Å²) in [7, 11) is 0. The van der Waals surface area contributed by atoms with Crippen LogP contribution in [0.4, 0.5) is 17.6 Å². The second kappa shape index (κ2) is 4.75. The van der Waals surface area contributed by atoms with Crippen LogP contribution in [0.3, 0.4) is 0 Å². The van der Waals surface area contributed by atoms with Crippen molar-refractivity contribution in [1.29, 1.82) is 0 Å². The zero-order valence-corrected chi connectivity index (χ0v) is 9.08. The Kier molecular flexibility index (Phi) is 3.73. The van der Waals surface area contributed by atoms with Crippen molar-refractivity contribution in [2.45, 2.75) is 19.0 Å². The van der Waals surface area contributed by atoms with E-state index in [1.165, 1.54) is 0 Å². The van der Waals surface area contributed by atoms with Crippen molar-refractivity contribution in [3.8, 4) is 0 Å². The number of aliphatic carboxylic acids is 1. The molecule has 1 atom stereocenters. The second-order valence-electron chi connectivity index (χ2n) is 3.61. The quantitative estimate of drug-likeness (QED) is 0.674. The van der Waals surface area contributed by atoms with Gasteiger partial charge >= 0.3 is 12.1 Å². The first-order valence-corrected chi connectivity index (χ1v) is 4.74. The summed E-state index contributed by atoms with van der Waals surface area (Å²) in [5.41, 5.74) is -2.21. The molecule has 18 heavy (non-hydrogen) atoms. The maximum atomic E-state index is 12.8. The van der Waals surface area contributed by atoms with E-state index >= 15 is 0 Å². The van der Waals surface area contributed by atoms with Crippen LogP contribution in [-0.2, 0) is 15.8 Å². The molecule has 0 aromatic heterocycles. The van der Waals surface area contributed by atoms with Gasteiger partial charge in [-0.25, -0.2) is 4.39 Å². The number of ketones is 1. The van der Waals surface area contributed by atoms with Gasteiger partial charge in [0.1, 0.15) is 17.5 Å². The van der Waals surface area contributed by atoms with Gasteiger partial charge in [-0.2, -0.15) is 13.2 Å². The predicted molar refractivity (Wildman–Crippen MR) is 52.5 cm³/mol. The minimum Gasteiger partial charge on any atom is -0.480 e. The van der Waals surface area contributed by atoms with Crippen LogP contribution in [0.25, 0.3) is 0 Å². The lowest BCUT2D eigenvalue weighted by atomic mass is 9.91. The van der Waals surface area contributed by atoms with E-state index in [0.717, 1.165) is 6.92 Å². The highest BCUT2D eigenvalue weighted by Gasteiger charge is 2.38. The van der Waals surface area contributed by atoms with Crippen LogP contribution < -0.4 is 0 Å². The van der Waals surface area contributed by atoms with Gasteiger partial charge in [-0.1, -0.05) is 6.07 Å². The number of hydrogen-bond acceptors (Lipinski definition) is 2. The lowest BCUT2D eigenvalue weighted by molar-refractivity contribution is -0.143. The molecule has 0 aliphatic heterocycles. The van der Waals surface area contributed by atoms with Gasteiger partial charge in [0.2, 0.25) is 0 Å². The lowest BCUT2D eigenvalue weighted by Gasteiger charge is -2.16. The third-order valence-electron chi connectivity index (χ3n) is 2.29. The maximum Gasteiger partial charge on any atom is 0.416 e. The SMILES string of the molecule is CC(=O)C(C(=O)O)c1ccc(F)cc1C(F)(F)F. The first-order valence-electron chi connectivity index (χ1n) is 4.74. The van der Waals surface area contributed by atoms with Crippen molar-refractivity contribution in [2.75, 3.05) is 0 Å². The van der Waals surface area contributed by atoms with E-state index in [9.17, 15) is 27.2 Å². The van der Waals surface area contributed by atoms with Gasteiger partial charge < -0.3 is 5.11 Å². The molecule has 98 valence electrons. The molecule has 0 saturated heterocycles. The molecule has 0 aliphatic carbocycles. The smallest absolute Gasteiger partial charge is 0.416 e. The fourth-order valence-electron chi connectivity index (χ4n) is 1.55. The molecule has 0 bridgehead atoms. The second-order valence-corrected chi connectivity index (χ2v) is 3.61. The van der Waals surface area contributed by atoms with Gasteiger partial charge in [0.05, 0.1) is 5.56 Å². The van der Waals surface area contributed by atoms with E-state index < -0.39 is 40.8 Å². The molecule has 1 aromatic rings. The normalized spacial score (nSPS) is 13.2. The summed E-state index contributed by atoms with van der Waals surface area (Å²) < 4.78 is 50.7. The summed E-state index contributed by atoms with van der Waals surface area (Å²) in [6.45, 7) is 0.863. The molecule has 3 nitrogen and oxygen atoms in total. The molecule has 0 aliphatic rings. The summed E-state index contributed by atoms with van der Waals surface area (Å²) in [5.74, 6) is -5.78. The van der Waals surface area contributed by atoms with Crippen molar-refractivity contribution in [3.05, 3.63) is 35.1 Å². The molecule has 1 aromatic carbocycles. The number of Topliss-reactive ketones (excluding diaryl/α,β-unsaturated/α-hetero) is 1. The summed E-state index contributed by atoms with van der Waals surface area (Å²) in [4.78, 5) is 21.9. The first kappa shape index (κ1) is 14.1. The van der Waals surface area contributed by atoms with Crippen LogP contribution in [-0.4, -0.2) is 16.9 Å². The fraction of sp³-hybridized carbons (Fsp3) is 0.273. The zero-order chi connectivity index (χ0) is 14.1. The monoisotopic (exact) mass is 264 g/mol. The Labute approximate surface area is 99.0 Å². The van der Waals surface area contributed by atoms with Crippen LogP contribution in [0.15, 0.2) is 18.2 Å². The third-order valence-corrected chi connectivity index (χ3v) is 2.29. The van der Waals surface area contributed by atoms with Crippen molar-refractivity contribution >= 4 is 11.8 Å². The molecule has 0 fully saturated rings. The Bertz CT molecular complexity index is 480. The number of hydrogen-bond donors (Lipinski definition) is 1. The lowest BCUT2D eigenvalue weighted by Crippen LogP contribution is -2.23. The Hall–Kier alpha value is -1.92. The van der Waals surface area contributed by atoms with Crippen molar-refractivity contribution < 1.29 is 32.3 Å². The molecule has 0 radical (unpaired) electrons.